The molecule has 0 aliphatic rings. The molecule has 0 saturated carbocycles. The van der Waals surface area contributed by atoms with E-state index in [1.807, 2.05) is 68.4 Å². The molecule has 1 atom stereocenters. The molecule has 0 amide bonds. The molecule has 0 heterocycles. The second kappa shape index (κ2) is 6.75. The van der Waals surface area contributed by atoms with E-state index in [9.17, 15) is 0 Å². The van der Waals surface area contributed by atoms with Crippen LogP contribution in [0.2, 0.25) is 0 Å². The third-order valence-electron chi connectivity index (χ3n) is 3.23. The Bertz CT molecular complexity index is 579. The zero-order chi connectivity index (χ0) is 14.4. The molecule has 2 aromatic carbocycles. The van der Waals surface area contributed by atoms with Gasteiger partial charge in [0.1, 0.15) is 11.9 Å². The quantitative estimate of drug-likeness (QED) is 0.496. The number of oxime groups is 1. The zero-order valence-electron chi connectivity index (χ0n) is 11.8. The van der Waals surface area contributed by atoms with Gasteiger partial charge in [-0.1, -0.05) is 54.5 Å². The van der Waals surface area contributed by atoms with E-state index in [0.717, 1.165) is 16.9 Å². The minimum atomic E-state index is -0.0610. The van der Waals surface area contributed by atoms with Crippen LogP contribution in [0.3, 0.4) is 0 Å². The maximum Gasteiger partial charge on any atom is 0.129 e. The van der Waals surface area contributed by atoms with Gasteiger partial charge < -0.3 is 9.94 Å². The number of hydrogen-bond acceptors (Lipinski definition) is 3. The first-order chi connectivity index (χ1) is 9.76. The highest BCUT2D eigenvalue weighted by Crippen LogP contribution is 2.26. The standard InChI is InChI=1S/C17H19NO2/c1-3-16(18-19)15-11-7-8-12-17(15)20-13(2)14-9-5-4-6-10-14/h4-13,19H,3H2,1-2H3. The Balaban J connectivity index is 2.26. The van der Waals surface area contributed by atoms with Crippen LogP contribution in [-0.4, -0.2) is 10.9 Å². The number of para-hydroxylation sites is 1. The summed E-state index contributed by atoms with van der Waals surface area (Å²) in [6.07, 6.45) is 0.588. The molecule has 0 aliphatic carbocycles. The Kier molecular flexibility index (Phi) is 4.77. The molecule has 104 valence electrons. The van der Waals surface area contributed by atoms with E-state index in [4.69, 9.17) is 9.94 Å². The number of benzene rings is 2. The predicted molar refractivity (Wildman–Crippen MR) is 80.5 cm³/mol. The van der Waals surface area contributed by atoms with Gasteiger partial charge in [-0.3, -0.25) is 0 Å². The first kappa shape index (κ1) is 14.1. The summed E-state index contributed by atoms with van der Waals surface area (Å²) in [6.45, 7) is 3.96. The minimum Gasteiger partial charge on any atom is -0.485 e. The van der Waals surface area contributed by atoms with Gasteiger partial charge in [0, 0.05) is 5.56 Å². The summed E-state index contributed by atoms with van der Waals surface area (Å²) in [6, 6.07) is 17.7. The fourth-order valence-electron chi connectivity index (χ4n) is 2.11. The van der Waals surface area contributed by atoms with Gasteiger partial charge in [-0.25, -0.2) is 0 Å². The van der Waals surface area contributed by atoms with E-state index in [1.54, 1.807) is 0 Å². The Hall–Kier alpha value is -2.29. The highest BCUT2D eigenvalue weighted by atomic mass is 16.5. The Morgan fingerprint density at radius 1 is 1.10 bits per heavy atom. The third-order valence-corrected chi connectivity index (χ3v) is 3.23. The molecule has 0 fully saturated rings. The van der Waals surface area contributed by atoms with Crippen LogP contribution < -0.4 is 4.74 Å². The van der Waals surface area contributed by atoms with E-state index < -0.39 is 0 Å². The Morgan fingerprint density at radius 3 is 2.40 bits per heavy atom. The van der Waals surface area contributed by atoms with Crippen molar-refractivity contribution in [3.63, 3.8) is 0 Å². The predicted octanol–water partition coefficient (Wildman–Crippen LogP) is 4.41. The Morgan fingerprint density at radius 2 is 1.75 bits per heavy atom. The topological polar surface area (TPSA) is 41.8 Å². The molecule has 0 spiro atoms. The largest absolute Gasteiger partial charge is 0.485 e. The monoisotopic (exact) mass is 269 g/mol. The van der Waals surface area contributed by atoms with Gasteiger partial charge in [0.25, 0.3) is 0 Å². The minimum absolute atomic E-state index is 0.0610. The van der Waals surface area contributed by atoms with Crippen LogP contribution in [-0.2, 0) is 0 Å². The number of rotatable bonds is 5. The fraction of sp³-hybridized carbons (Fsp3) is 0.235. The van der Waals surface area contributed by atoms with E-state index in [2.05, 4.69) is 5.16 Å². The lowest BCUT2D eigenvalue weighted by Gasteiger charge is -2.18. The van der Waals surface area contributed by atoms with E-state index in [0.29, 0.717) is 12.1 Å². The van der Waals surface area contributed by atoms with Crippen LogP contribution in [0.5, 0.6) is 5.75 Å². The van der Waals surface area contributed by atoms with E-state index >= 15 is 0 Å². The second-order valence-electron chi connectivity index (χ2n) is 4.57. The first-order valence-electron chi connectivity index (χ1n) is 6.78. The molecule has 1 N–H and O–H groups in total. The van der Waals surface area contributed by atoms with Crippen molar-refractivity contribution in [3.8, 4) is 5.75 Å². The van der Waals surface area contributed by atoms with Crippen LogP contribution >= 0.6 is 0 Å². The Labute approximate surface area is 119 Å². The normalized spacial score (nSPS) is 13.0. The van der Waals surface area contributed by atoms with Crippen molar-refractivity contribution in [2.24, 2.45) is 5.16 Å². The summed E-state index contributed by atoms with van der Waals surface area (Å²) in [5, 5.41) is 12.4. The highest BCUT2D eigenvalue weighted by Gasteiger charge is 2.13. The maximum absolute atomic E-state index is 9.09. The average molecular weight is 269 g/mol. The van der Waals surface area contributed by atoms with Crippen molar-refractivity contribution in [1.29, 1.82) is 0 Å². The van der Waals surface area contributed by atoms with Crippen molar-refractivity contribution < 1.29 is 9.94 Å². The van der Waals surface area contributed by atoms with Crippen LogP contribution in [0.1, 0.15) is 37.5 Å². The lowest BCUT2D eigenvalue weighted by Crippen LogP contribution is -2.08. The summed E-state index contributed by atoms with van der Waals surface area (Å²) in [7, 11) is 0. The molecule has 2 rings (SSSR count). The second-order valence-corrected chi connectivity index (χ2v) is 4.57. The van der Waals surface area contributed by atoms with Crippen molar-refractivity contribution in [1.82, 2.24) is 0 Å². The van der Waals surface area contributed by atoms with Gasteiger partial charge in [0.05, 0.1) is 5.71 Å². The molecular formula is C17H19NO2. The van der Waals surface area contributed by atoms with Crippen molar-refractivity contribution in [3.05, 3.63) is 65.7 Å². The third kappa shape index (κ3) is 3.18. The van der Waals surface area contributed by atoms with Crippen LogP contribution in [0, 0.1) is 0 Å². The van der Waals surface area contributed by atoms with Gasteiger partial charge in [0.2, 0.25) is 0 Å². The molecule has 3 nitrogen and oxygen atoms in total. The molecule has 1 unspecified atom stereocenters. The van der Waals surface area contributed by atoms with Gasteiger partial charge in [0.15, 0.2) is 0 Å². The van der Waals surface area contributed by atoms with Crippen LogP contribution in [0.25, 0.3) is 0 Å². The van der Waals surface area contributed by atoms with Crippen molar-refractivity contribution in [2.75, 3.05) is 0 Å². The summed E-state index contributed by atoms with van der Waals surface area (Å²) < 4.78 is 6.02. The highest BCUT2D eigenvalue weighted by molar-refractivity contribution is 6.02. The van der Waals surface area contributed by atoms with E-state index in [1.165, 1.54) is 0 Å². The van der Waals surface area contributed by atoms with Gasteiger partial charge in [-0.05, 0) is 31.0 Å². The molecular weight excluding hydrogens is 250 g/mol. The van der Waals surface area contributed by atoms with Crippen LogP contribution in [0.4, 0.5) is 0 Å². The summed E-state index contributed by atoms with van der Waals surface area (Å²) in [4.78, 5) is 0. The lowest BCUT2D eigenvalue weighted by atomic mass is 10.1. The zero-order valence-corrected chi connectivity index (χ0v) is 11.8. The number of nitrogens with zero attached hydrogens (tertiary/aromatic N) is 1. The van der Waals surface area contributed by atoms with Crippen LogP contribution in [0.15, 0.2) is 59.8 Å². The molecule has 0 aliphatic heterocycles. The van der Waals surface area contributed by atoms with Gasteiger partial charge in [-0.15, -0.1) is 0 Å². The molecule has 0 bridgehead atoms. The first-order valence-corrected chi connectivity index (χ1v) is 6.78. The van der Waals surface area contributed by atoms with Crippen molar-refractivity contribution >= 4 is 5.71 Å². The van der Waals surface area contributed by atoms with E-state index in [-0.39, 0.29) is 6.10 Å². The summed E-state index contributed by atoms with van der Waals surface area (Å²) >= 11 is 0. The molecule has 0 aromatic heterocycles. The molecule has 2 aromatic rings. The maximum atomic E-state index is 9.09. The number of hydrogen-bond donors (Lipinski definition) is 1. The summed E-state index contributed by atoms with van der Waals surface area (Å²) in [5.41, 5.74) is 2.57. The van der Waals surface area contributed by atoms with Crippen molar-refractivity contribution in [2.45, 2.75) is 26.4 Å². The van der Waals surface area contributed by atoms with Gasteiger partial charge >= 0.3 is 0 Å². The smallest absolute Gasteiger partial charge is 0.129 e. The average Bonchev–Trinajstić information content (AvgIpc) is 2.51. The molecule has 20 heavy (non-hydrogen) atoms. The van der Waals surface area contributed by atoms with Gasteiger partial charge in [-0.2, -0.15) is 0 Å². The lowest BCUT2D eigenvalue weighted by molar-refractivity contribution is 0.226. The number of ether oxygens (including phenoxy) is 1. The fourth-order valence-corrected chi connectivity index (χ4v) is 2.11. The molecule has 3 heteroatoms. The summed E-state index contributed by atoms with van der Waals surface area (Å²) in [5.74, 6) is 0.735. The molecule has 0 saturated heterocycles. The SMILES string of the molecule is CCC(=NO)c1ccccc1OC(C)c1ccccc1. The molecule has 0 radical (unpaired) electrons.